The highest BCUT2D eigenvalue weighted by Gasteiger charge is 2.35. The van der Waals surface area contributed by atoms with Crippen LogP contribution in [0.4, 0.5) is 8.78 Å². The van der Waals surface area contributed by atoms with Gasteiger partial charge in [-0.3, -0.25) is 9.48 Å². The molecule has 0 radical (unpaired) electrons. The van der Waals surface area contributed by atoms with Gasteiger partial charge in [0.25, 0.3) is 6.43 Å². The summed E-state index contributed by atoms with van der Waals surface area (Å²) in [5.41, 5.74) is -0.0441. The van der Waals surface area contributed by atoms with Gasteiger partial charge in [0.05, 0.1) is 24.3 Å². The van der Waals surface area contributed by atoms with Crippen molar-refractivity contribution < 1.29 is 28.2 Å². The quantitative estimate of drug-likeness (QED) is 0.689. The average Bonchev–Trinajstić information content (AvgIpc) is 3.09. The summed E-state index contributed by atoms with van der Waals surface area (Å²) in [6.45, 7) is 2.04. The molecule has 0 atom stereocenters. The first-order valence-corrected chi connectivity index (χ1v) is 9.75. The molecular weight excluding hydrogens is 382 g/mol. The van der Waals surface area contributed by atoms with E-state index in [4.69, 9.17) is 4.74 Å². The maximum Gasteiger partial charge on any atom is 0.339 e. The van der Waals surface area contributed by atoms with E-state index in [1.54, 1.807) is 31.2 Å². The molecule has 6 nitrogen and oxygen atoms in total. The number of esters is 1. The summed E-state index contributed by atoms with van der Waals surface area (Å²) in [5, 5.41) is 13.9. The van der Waals surface area contributed by atoms with Gasteiger partial charge < -0.3 is 9.84 Å². The Bertz CT molecular complexity index is 859. The smallest absolute Gasteiger partial charge is 0.339 e. The van der Waals surface area contributed by atoms with Gasteiger partial charge in [0, 0.05) is 6.42 Å². The molecule has 0 spiro atoms. The molecule has 0 saturated heterocycles. The zero-order chi connectivity index (χ0) is 21.0. The third kappa shape index (κ3) is 4.63. The van der Waals surface area contributed by atoms with E-state index in [-0.39, 0.29) is 30.0 Å². The number of hydrogen-bond acceptors (Lipinski definition) is 4. The Morgan fingerprint density at radius 1 is 1.21 bits per heavy atom. The number of benzene rings is 1. The van der Waals surface area contributed by atoms with Gasteiger partial charge in [0.1, 0.15) is 11.3 Å². The van der Waals surface area contributed by atoms with E-state index in [0.29, 0.717) is 32.3 Å². The van der Waals surface area contributed by atoms with Gasteiger partial charge in [-0.1, -0.05) is 30.3 Å². The Balaban J connectivity index is 1.89. The fourth-order valence-electron chi connectivity index (χ4n) is 3.95. The van der Waals surface area contributed by atoms with Gasteiger partial charge in [-0.2, -0.15) is 5.10 Å². The van der Waals surface area contributed by atoms with Gasteiger partial charge in [-0.05, 0) is 38.2 Å². The highest BCUT2D eigenvalue weighted by Crippen LogP contribution is 2.37. The molecule has 1 saturated carbocycles. The van der Waals surface area contributed by atoms with Crippen molar-refractivity contribution in [1.82, 2.24) is 9.78 Å². The molecule has 0 bridgehead atoms. The van der Waals surface area contributed by atoms with E-state index in [2.05, 4.69) is 5.10 Å². The molecule has 1 fully saturated rings. The maximum absolute atomic E-state index is 13.9. The summed E-state index contributed by atoms with van der Waals surface area (Å²) in [6.07, 6.45) is -0.859. The summed E-state index contributed by atoms with van der Waals surface area (Å²) >= 11 is 0. The van der Waals surface area contributed by atoms with Crippen molar-refractivity contribution in [2.45, 2.75) is 51.5 Å². The normalized spacial score (nSPS) is 19.3. The lowest BCUT2D eigenvalue weighted by Crippen LogP contribution is -2.26. The van der Waals surface area contributed by atoms with Gasteiger partial charge in [-0.25, -0.2) is 13.6 Å². The molecule has 1 aliphatic rings. The van der Waals surface area contributed by atoms with Crippen LogP contribution in [0.2, 0.25) is 0 Å². The van der Waals surface area contributed by atoms with Crippen molar-refractivity contribution in [2.75, 3.05) is 6.61 Å². The topological polar surface area (TPSA) is 81.4 Å². The minimum absolute atomic E-state index is 0.131. The number of nitrogens with zero attached hydrogens (tertiary/aromatic N) is 2. The molecule has 0 amide bonds. The predicted molar refractivity (Wildman–Crippen MR) is 101 cm³/mol. The Hall–Kier alpha value is -2.77. The van der Waals surface area contributed by atoms with Crippen LogP contribution >= 0.6 is 0 Å². The minimum atomic E-state index is -2.96. The van der Waals surface area contributed by atoms with E-state index in [1.807, 2.05) is 6.07 Å². The van der Waals surface area contributed by atoms with Crippen molar-refractivity contribution in [3.63, 3.8) is 0 Å². The molecule has 1 aliphatic carbocycles. The minimum Gasteiger partial charge on any atom is -0.478 e. The summed E-state index contributed by atoms with van der Waals surface area (Å²) in [5.74, 6) is -1.92. The Labute approximate surface area is 167 Å². The standard InChI is InChI=1S/C21H24F2N2O4/c1-2-29-21(28)14-8-10-15(11-9-14)25-18(19(22)23)17(20(26)27)16(24-25)12-13-6-4-3-5-7-13/h3-7,14-15,19H,2,8-12H2,1H3,(H,26,27). The highest BCUT2D eigenvalue weighted by molar-refractivity contribution is 5.90. The van der Waals surface area contributed by atoms with Crippen LogP contribution in [-0.2, 0) is 16.0 Å². The lowest BCUT2D eigenvalue weighted by Gasteiger charge is -2.28. The van der Waals surface area contributed by atoms with E-state index in [9.17, 15) is 23.5 Å². The molecule has 1 N–H and O–H groups in total. The second-order valence-electron chi connectivity index (χ2n) is 7.18. The van der Waals surface area contributed by atoms with Gasteiger partial charge in [0.15, 0.2) is 0 Å². The van der Waals surface area contributed by atoms with Gasteiger partial charge in [-0.15, -0.1) is 0 Å². The summed E-state index contributed by atoms with van der Waals surface area (Å²) < 4.78 is 34.0. The van der Waals surface area contributed by atoms with Crippen LogP contribution in [0.1, 0.15) is 72.4 Å². The van der Waals surface area contributed by atoms with Crippen molar-refractivity contribution in [3.05, 3.63) is 52.8 Å². The lowest BCUT2D eigenvalue weighted by molar-refractivity contribution is -0.149. The number of carboxylic acids is 1. The number of carbonyl (C=O) groups is 2. The number of halogens is 2. The lowest BCUT2D eigenvalue weighted by atomic mass is 9.86. The van der Waals surface area contributed by atoms with Gasteiger partial charge in [0.2, 0.25) is 0 Å². The SMILES string of the molecule is CCOC(=O)C1CCC(n2nc(Cc3ccccc3)c(C(=O)O)c2C(F)F)CC1. The van der Waals surface area contributed by atoms with E-state index in [1.165, 1.54) is 4.68 Å². The van der Waals surface area contributed by atoms with Crippen molar-refractivity contribution in [3.8, 4) is 0 Å². The number of carbonyl (C=O) groups excluding carboxylic acids is 1. The van der Waals surface area contributed by atoms with Gasteiger partial charge >= 0.3 is 11.9 Å². The van der Waals surface area contributed by atoms with Crippen LogP contribution in [-0.4, -0.2) is 33.4 Å². The van der Waals surface area contributed by atoms with E-state index in [0.717, 1.165) is 5.56 Å². The molecule has 2 aromatic rings. The van der Waals surface area contributed by atoms with Crippen LogP contribution < -0.4 is 0 Å². The Kier molecular flexibility index (Phi) is 6.61. The summed E-state index contributed by atoms with van der Waals surface area (Å²) in [6, 6.07) is 8.67. The van der Waals surface area contributed by atoms with Crippen LogP contribution in [0.15, 0.2) is 30.3 Å². The fraction of sp³-hybridized carbons (Fsp3) is 0.476. The molecule has 1 heterocycles. The second-order valence-corrected chi connectivity index (χ2v) is 7.18. The molecule has 156 valence electrons. The van der Waals surface area contributed by atoms with Crippen LogP contribution in [0.3, 0.4) is 0 Å². The number of rotatable bonds is 7. The number of ether oxygens (including phenoxy) is 1. The largest absolute Gasteiger partial charge is 0.478 e. The first kappa shape index (κ1) is 21.0. The van der Waals surface area contributed by atoms with E-state index < -0.39 is 23.7 Å². The first-order chi connectivity index (χ1) is 13.9. The van der Waals surface area contributed by atoms with Crippen LogP contribution in [0, 0.1) is 5.92 Å². The average molecular weight is 406 g/mol. The van der Waals surface area contributed by atoms with Crippen LogP contribution in [0.5, 0.6) is 0 Å². The highest BCUT2D eigenvalue weighted by atomic mass is 19.3. The zero-order valence-corrected chi connectivity index (χ0v) is 16.2. The first-order valence-electron chi connectivity index (χ1n) is 9.75. The number of carboxylic acid groups (broad SMARTS) is 1. The number of aromatic carboxylic acids is 1. The third-order valence-corrected chi connectivity index (χ3v) is 5.32. The van der Waals surface area contributed by atoms with Crippen molar-refractivity contribution >= 4 is 11.9 Å². The molecule has 8 heteroatoms. The molecule has 1 aromatic heterocycles. The predicted octanol–water partition coefficient (Wildman–Crippen LogP) is 4.40. The third-order valence-electron chi connectivity index (χ3n) is 5.32. The van der Waals surface area contributed by atoms with Crippen molar-refractivity contribution in [1.29, 1.82) is 0 Å². The molecule has 3 rings (SSSR count). The van der Waals surface area contributed by atoms with E-state index >= 15 is 0 Å². The summed E-state index contributed by atoms with van der Waals surface area (Å²) in [4.78, 5) is 23.7. The Morgan fingerprint density at radius 2 is 1.86 bits per heavy atom. The van der Waals surface area contributed by atoms with Crippen molar-refractivity contribution in [2.24, 2.45) is 5.92 Å². The second kappa shape index (κ2) is 9.15. The molecule has 1 aromatic carbocycles. The molecule has 0 unspecified atom stereocenters. The Morgan fingerprint density at radius 3 is 2.41 bits per heavy atom. The van der Waals surface area contributed by atoms with Crippen LogP contribution in [0.25, 0.3) is 0 Å². The molecular formula is C21H24F2N2O4. The summed E-state index contributed by atoms with van der Waals surface area (Å²) in [7, 11) is 0. The fourth-order valence-corrected chi connectivity index (χ4v) is 3.95. The monoisotopic (exact) mass is 406 g/mol. The number of aromatic nitrogens is 2. The molecule has 29 heavy (non-hydrogen) atoms. The number of alkyl halides is 2. The number of hydrogen-bond donors (Lipinski definition) is 1. The zero-order valence-electron chi connectivity index (χ0n) is 16.2. The maximum atomic E-state index is 13.9. The molecule has 0 aliphatic heterocycles.